The Hall–Kier alpha value is -1.52. The van der Waals surface area contributed by atoms with Crippen LogP contribution in [0.5, 0.6) is 0 Å². The Morgan fingerprint density at radius 3 is 2.60 bits per heavy atom. The number of rotatable bonds is 4. The summed E-state index contributed by atoms with van der Waals surface area (Å²) in [5.41, 5.74) is 0.311. The first-order valence-corrected chi connectivity index (χ1v) is 4.89. The van der Waals surface area contributed by atoms with Crippen molar-refractivity contribution in [3.8, 4) is 0 Å². The van der Waals surface area contributed by atoms with Gasteiger partial charge < -0.3 is 14.4 Å². The number of hydrogen-bond acceptors (Lipinski definition) is 4. The van der Waals surface area contributed by atoms with E-state index in [1.54, 1.807) is 6.92 Å². The lowest BCUT2D eigenvalue weighted by Gasteiger charge is -2.12. The lowest BCUT2D eigenvalue weighted by atomic mass is 10.2. The van der Waals surface area contributed by atoms with Gasteiger partial charge in [-0.15, -0.1) is 0 Å². The molecule has 0 spiro atoms. The summed E-state index contributed by atoms with van der Waals surface area (Å²) in [6.07, 6.45) is 0. The van der Waals surface area contributed by atoms with E-state index in [2.05, 4.69) is 0 Å². The topological polar surface area (TPSA) is 55.8 Å². The van der Waals surface area contributed by atoms with Gasteiger partial charge in [-0.25, -0.2) is 4.79 Å². The standard InChI is InChI=1S/C10H15NO4/c1-4-11-6-7(10(13)15-5-2)8(14-3)9(11)12/h4-6H2,1-3H3. The fourth-order valence-electron chi connectivity index (χ4n) is 1.45. The Balaban J connectivity index is 2.89. The van der Waals surface area contributed by atoms with Crippen LogP contribution in [0.2, 0.25) is 0 Å². The molecule has 0 atom stereocenters. The average molecular weight is 213 g/mol. The first-order valence-electron chi connectivity index (χ1n) is 4.89. The van der Waals surface area contributed by atoms with Crippen molar-refractivity contribution in [1.29, 1.82) is 0 Å². The number of ether oxygens (including phenoxy) is 2. The van der Waals surface area contributed by atoms with E-state index in [0.29, 0.717) is 18.7 Å². The van der Waals surface area contributed by atoms with Gasteiger partial charge in [0.2, 0.25) is 0 Å². The van der Waals surface area contributed by atoms with Crippen LogP contribution in [0.4, 0.5) is 0 Å². The largest absolute Gasteiger partial charge is 0.491 e. The molecule has 0 aromatic heterocycles. The number of nitrogens with zero attached hydrogens (tertiary/aromatic N) is 1. The fraction of sp³-hybridized carbons (Fsp3) is 0.600. The molecule has 1 amide bonds. The van der Waals surface area contributed by atoms with Crippen LogP contribution in [0.25, 0.3) is 0 Å². The first-order chi connectivity index (χ1) is 7.15. The minimum absolute atomic E-state index is 0.107. The Kier molecular flexibility index (Phi) is 3.71. The minimum atomic E-state index is -0.473. The van der Waals surface area contributed by atoms with Gasteiger partial charge in [0.15, 0.2) is 5.76 Å². The monoisotopic (exact) mass is 213 g/mol. The van der Waals surface area contributed by atoms with Crippen LogP contribution in [0, 0.1) is 0 Å². The molecule has 0 radical (unpaired) electrons. The van der Waals surface area contributed by atoms with Gasteiger partial charge in [0.05, 0.1) is 20.3 Å². The molecule has 0 saturated carbocycles. The van der Waals surface area contributed by atoms with Crippen LogP contribution in [0.15, 0.2) is 11.3 Å². The highest BCUT2D eigenvalue weighted by Gasteiger charge is 2.34. The van der Waals surface area contributed by atoms with Crippen LogP contribution in [0.3, 0.4) is 0 Å². The summed E-state index contributed by atoms with van der Waals surface area (Å²) in [6, 6.07) is 0. The lowest BCUT2D eigenvalue weighted by molar-refractivity contribution is -0.138. The van der Waals surface area contributed by atoms with Crippen molar-refractivity contribution in [2.45, 2.75) is 13.8 Å². The van der Waals surface area contributed by atoms with E-state index in [4.69, 9.17) is 9.47 Å². The summed E-state index contributed by atoms with van der Waals surface area (Å²) < 4.78 is 9.77. The zero-order valence-electron chi connectivity index (χ0n) is 9.20. The Bertz CT molecular complexity index is 309. The van der Waals surface area contributed by atoms with Gasteiger partial charge in [-0.1, -0.05) is 0 Å². The summed E-state index contributed by atoms with van der Waals surface area (Å²) in [5.74, 6) is -0.614. The molecule has 0 N–H and O–H groups in total. The van der Waals surface area contributed by atoms with Crippen molar-refractivity contribution >= 4 is 11.9 Å². The van der Waals surface area contributed by atoms with Crippen LogP contribution >= 0.6 is 0 Å². The molecule has 0 aromatic rings. The maximum atomic E-state index is 11.6. The van der Waals surface area contributed by atoms with Gasteiger partial charge in [0, 0.05) is 6.54 Å². The molecule has 1 rings (SSSR count). The Morgan fingerprint density at radius 1 is 1.47 bits per heavy atom. The molecule has 0 aliphatic carbocycles. The molecule has 5 heteroatoms. The summed E-state index contributed by atoms with van der Waals surface area (Å²) in [4.78, 5) is 24.6. The zero-order chi connectivity index (χ0) is 11.4. The molecule has 84 valence electrons. The third-order valence-corrected chi connectivity index (χ3v) is 2.21. The zero-order valence-corrected chi connectivity index (χ0v) is 9.20. The van der Waals surface area contributed by atoms with Crippen LogP contribution in [0.1, 0.15) is 13.8 Å². The SMILES string of the molecule is CCOC(=O)C1=C(OC)C(=O)N(CC)C1. The van der Waals surface area contributed by atoms with Crippen molar-refractivity contribution in [3.05, 3.63) is 11.3 Å². The van der Waals surface area contributed by atoms with Crippen LogP contribution in [-0.4, -0.2) is 43.6 Å². The Labute approximate surface area is 88.6 Å². The summed E-state index contributed by atoms with van der Waals surface area (Å²) in [5, 5.41) is 0. The summed E-state index contributed by atoms with van der Waals surface area (Å²) in [7, 11) is 1.38. The van der Waals surface area contributed by atoms with E-state index in [-0.39, 0.29) is 18.2 Å². The molecule has 1 heterocycles. The summed E-state index contributed by atoms with van der Waals surface area (Å²) in [6.45, 7) is 4.68. The Morgan fingerprint density at radius 2 is 2.13 bits per heavy atom. The molecule has 1 aliphatic heterocycles. The van der Waals surface area contributed by atoms with E-state index in [1.165, 1.54) is 12.0 Å². The minimum Gasteiger partial charge on any atom is -0.491 e. The van der Waals surface area contributed by atoms with E-state index in [0.717, 1.165) is 0 Å². The van der Waals surface area contributed by atoms with Gasteiger partial charge in [-0.2, -0.15) is 0 Å². The summed E-state index contributed by atoms with van der Waals surface area (Å²) >= 11 is 0. The fourth-order valence-corrected chi connectivity index (χ4v) is 1.45. The van der Waals surface area contributed by atoms with E-state index in [9.17, 15) is 9.59 Å². The maximum Gasteiger partial charge on any atom is 0.339 e. The number of amides is 1. The van der Waals surface area contributed by atoms with Crippen molar-refractivity contribution in [2.75, 3.05) is 26.8 Å². The second-order valence-electron chi connectivity index (χ2n) is 3.05. The van der Waals surface area contributed by atoms with Gasteiger partial charge >= 0.3 is 5.97 Å². The van der Waals surface area contributed by atoms with Crippen molar-refractivity contribution in [1.82, 2.24) is 4.90 Å². The van der Waals surface area contributed by atoms with Crippen molar-refractivity contribution < 1.29 is 19.1 Å². The van der Waals surface area contributed by atoms with Crippen LogP contribution < -0.4 is 0 Å². The second kappa shape index (κ2) is 4.82. The smallest absolute Gasteiger partial charge is 0.339 e. The molecule has 0 saturated heterocycles. The van der Waals surface area contributed by atoms with E-state index >= 15 is 0 Å². The molecule has 0 bridgehead atoms. The van der Waals surface area contributed by atoms with Gasteiger partial charge in [0.25, 0.3) is 5.91 Å². The van der Waals surface area contributed by atoms with Gasteiger partial charge in [-0.05, 0) is 13.8 Å². The third-order valence-electron chi connectivity index (χ3n) is 2.21. The van der Waals surface area contributed by atoms with Gasteiger partial charge in [-0.3, -0.25) is 4.79 Å². The quantitative estimate of drug-likeness (QED) is 0.631. The molecule has 0 aromatic carbocycles. The van der Waals surface area contributed by atoms with Crippen molar-refractivity contribution in [2.24, 2.45) is 0 Å². The molecule has 0 fully saturated rings. The number of hydrogen-bond donors (Lipinski definition) is 0. The number of carbonyl (C=O) groups excluding carboxylic acids is 2. The number of esters is 1. The molecular formula is C10H15NO4. The maximum absolute atomic E-state index is 11.6. The first kappa shape index (κ1) is 11.6. The lowest BCUT2D eigenvalue weighted by Crippen LogP contribution is -2.27. The predicted octanol–water partition coefficient (Wildman–Crippen LogP) is 0.312. The molecule has 5 nitrogen and oxygen atoms in total. The third kappa shape index (κ3) is 2.11. The molecular weight excluding hydrogens is 198 g/mol. The second-order valence-corrected chi connectivity index (χ2v) is 3.05. The van der Waals surface area contributed by atoms with Gasteiger partial charge in [0.1, 0.15) is 5.57 Å². The number of likely N-dealkylation sites (N-methyl/N-ethyl adjacent to an activating group) is 1. The highest BCUT2D eigenvalue weighted by Crippen LogP contribution is 2.20. The highest BCUT2D eigenvalue weighted by molar-refractivity contribution is 6.05. The normalized spacial score (nSPS) is 15.9. The van der Waals surface area contributed by atoms with E-state index in [1.807, 2.05) is 6.92 Å². The highest BCUT2D eigenvalue weighted by atomic mass is 16.5. The molecule has 0 unspecified atom stereocenters. The molecule has 15 heavy (non-hydrogen) atoms. The predicted molar refractivity (Wildman–Crippen MR) is 52.9 cm³/mol. The average Bonchev–Trinajstić information content (AvgIpc) is 2.55. The van der Waals surface area contributed by atoms with Crippen molar-refractivity contribution in [3.63, 3.8) is 0 Å². The number of carbonyl (C=O) groups is 2. The van der Waals surface area contributed by atoms with Crippen LogP contribution in [-0.2, 0) is 19.1 Å². The molecule has 1 aliphatic rings. The number of methoxy groups -OCH3 is 1. The van der Waals surface area contributed by atoms with E-state index < -0.39 is 5.97 Å².